The summed E-state index contributed by atoms with van der Waals surface area (Å²) in [6, 6.07) is 6.17. The molecule has 1 heterocycles. The van der Waals surface area contributed by atoms with E-state index in [1.54, 1.807) is 4.90 Å². The third-order valence-corrected chi connectivity index (χ3v) is 4.24. The Morgan fingerprint density at radius 3 is 2.45 bits per heavy atom. The number of likely N-dealkylation sites (N-methyl/N-ethyl adjacent to an activating group) is 1. The van der Waals surface area contributed by atoms with Crippen molar-refractivity contribution in [3.8, 4) is 0 Å². The van der Waals surface area contributed by atoms with Gasteiger partial charge in [0, 0.05) is 5.69 Å². The number of amides is 1. The number of piperazine rings is 1. The van der Waals surface area contributed by atoms with Gasteiger partial charge in [-0.25, -0.2) is 0 Å². The predicted molar refractivity (Wildman–Crippen MR) is 81.3 cm³/mol. The molecule has 1 saturated heterocycles. The quantitative estimate of drug-likeness (QED) is 0.652. The first-order chi connectivity index (χ1) is 9.58. The number of anilines is 1. The van der Waals surface area contributed by atoms with E-state index < -0.39 is 0 Å². The summed E-state index contributed by atoms with van der Waals surface area (Å²) in [6.07, 6.45) is 0. The van der Waals surface area contributed by atoms with E-state index in [9.17, 15) is 4.79 Å². The highest BCUT2D eigenvalue weighted by molar-refractivity contribution is 5.92. The third kappa shape index (κ3) is 4.05. The maximum Gasteiger partial charge on any atom is 0.279 e. The van der Waals surface area contributed by atoms with Gasteiger partial charge in [-0.1, -0.05) is 12.1 Å². The second-order valence-corrected chi connectivity index (χ2v) is 5.90. The smallest absolute Gasteiger partial charge is 0.279 e. The highest BCUT2D eigenvalue weighted by Gasteiger charge is 2.23. The molecule has 3 N–H and O–H groups in total. The summed E-state index contributed by atoms with van der Waals surface area (Å²) >= 11 is 0. The van der Waals surface area contributed by atoms with Crippen LogP contribution in [0.3, 0.4) is 0 Å². The van der Waals surface area contributed by atoms with Gasteiger partial charge in [0.15, 0.2) is 6.54 Å². The average Bonchev–Trinajstić information content (AvgIpc) is 2.43. The van der Waals surface area contributed by atoms with Crippen LogP contribution in [0, 0.1) is 13.8 Å². The predicted octanol–water partition coefficient (Wildman–Crippen LogP) is -0.955. The van der Waals surface area contributed by atoms with E-state index >= 15 is 0 Å². The van der Waals surface area contributed by atoms with Gasteiger partial charge >= 0.3 is 0 Å². The summed E-state index contributed by atoms with van der Waals surface area (Å²) in [5, 5.41) is 3.06. The lowest BCUT2D eigenvalue weighted by molar-refractivity contribution is -1.01. The lowest BCUT2D eigenvalue weighted by Gasteiger charge is -2.28. The van der Waals surface area contributed by atoms with Crippen molar-refractivity contribution in [1.82, 2.24) is 0 Å². The minimum atomic E-state index is 0.133. The zero-order valence-electron chi connectivity index (χ0n) is 12.9. The maximum absolute atomic E-state index is 12.2. The molecule has 20 heavy (non-hydrogen) atoms. The summed E-state index contributed by atoms with van der Waals surface area (Å²) in [7, 11) is 0. The number of hydrogen-bond donors (Lipinski definition) is 3. The largest absolute Gasteiger partial charge is 0.326 e. The van der Waals surface area contributed by atoms with Gasteiger partial charge in [0.1, 0.15) is 26.2 Å². The van der Waals surface area contributed by atoms with Crippen LogP contribution in [-0.2, 0) is 4.79 Å². The molecular formula is C16H27N3O+2. The van der Waals surface area contributed by atoms with Crippen molar-refractivity contribution in [3.63, 3.8) is 0 Å². The number of carbonyl (C=O) groups is 1. The van der Waals surface area contributed by atoms with Gasteiger partial charge in [-0.05, 0) is 38.0 Å². The molecule has 0 atom stereocenters. The van der Waals surface area contributed by atoms with Gasteiger partial charge in [-0.3, -0.25) is 4.79 Å². The summed E-state index contributed by atoms with van der Waals surface area (Å²) in [6.45, 7) is 12.7. The van der Waals surface area contributed by atoms with Crippen LogP contribution in [0.25, 0.3) is 0 Å². The number of nitrogens with one attached hydrogen (secondary N) is 3. The number of aryl methyl sites for hydroxylation is 2. The van der Waals surface area contributed by atoms with Gasteiger partial charge in [-0.2, -0.15) is 0 Å². The minimum Gasteiger partial charge on any atom is -0.326 e. The molecule has 0 radical (unpaired) electrons. The first-order valence-corrected chi connectivity index (χ1v) is 7.62. The van der Waals surface area contributed by atoms with Crippen molar-refractivity contribution >= 4 is 11.6 Å². The molecule has 2 rings (SSSR count). The zero-order valence-corrected chi connectivity index (χ0v) is 12.9. The molecule has 0 spiro atoms. The first kappa shape index (κ1) is 15.0. The van der Waals surface area contributed by atoms with Crippen LogP contribution < -0.4 is 15.1 Å². The molecule has 0 aliphatic carbocycles. The Bertz CT molecular complexity index is 465. The van der Waals surface area contributed by atoms with Gasteiger partial charge < -0.3 is 15.1 Å². The Balaban J connectivity index is 1.85. The van der Waals surface area contributed by atoms with Crippen molar-refractivity contribution in [1.29, 1.82) is 0 Å². The van der Waals surface area contributed by atoms with Crippen LogP contribution in [-0.4, -0.2) is 45.2 Å². The van der Waals surface area contributed by atoms with Gasteiger partial charge in [0.2, 0.25) is 0 Å². The highest BCUT2D eigenvalue weighted by Crippen LogP contribution is 2.15. The summed E-state index contributed by atoms with van der Waals surface area (Å²) in [5.41, 5.74) is 3.25. The lowest BCUT2D eigenvalue weighted by atomic mass is 10.1. The molecule has 1 aliphatic rings. The van der Waals surface area contributed by atoms with E-state index in [1.807, 2.05) is 19.9 Å². The molecule has 1 aromatic carbocycles. The lowest BCUT2D eigenvalue weighted by Crippen LogP contribution is -3.28. The van der Waals surface area contributed by atoms with E-state index in [1.165, 1.54) is 30.1 Å². The van der Waals surface area contributed by atoms with E-state index in [-0.39, 0.29) is 5.91 Å². The SMILES string of the molecule is CC[NH+]1CC[NH+](CC(=O)Nc2cc(C)ccc2C)CC1. The minimum absolute atomic E-state index is 0.133. The van der Waals surface area contributed by atoms with Crippen LogP contribution in [0.5, 0.6) is 0 Å². The molecule has 4 nitrogen and oxygen atoms in total. The zero-order chi connectivity index (χ0) is 14.5. The molecule has 4 heteroatoms. The molecule has 0 unspecified atom stereocenters. The van der Waals surface area contributed by atoms with E-state index in [4.69, 9.17) is 0 Å². The number of quaternary nitrogens is 2. The summed E-state index contributed by atoms with van der Waals surface area (Å²) < 4.78 is 0. The third-order valence-electron chi connectivity index (χ3n) is 4.24. The summed E-state index contributed by atoms with van der Waals surface area (Å²) in [4.78, 5) is 15.2. The van der Waals surface area contributed by atoms with Gasteiger partial charge in [-0.15, -0.1) is 0 Å². The summed E-state index contributed by atoms with van der Waals surface area (Å²) in [5.74, 6) is 0.133. The van der Waals surface area contributed by atoms with E-state index in [0.29, 0.717) is 6.54 Å². The van der Waals surface area contributed by atoms with Crippen LogP contribution in [0.4, 0.5) is 5.69 Å². The number of carbonyl (C=O) groups excluding carboxylic acids is 1. The number of rotatable bonds is 4. The molecule has 0 aromatic heterocycles. The standard InChI is InChI=1S/C16H25N3O/c1-4-18-7-9-19(10-8-18)12-16(20)17-15-11-13(2)5-6-14(15)3/h5-6,11H,4,7-10,12H2,1-3H3,(H,17,20)/p+2. The monoisotopic (exact) mass is 277 g/mol. The van der Waals surface area contributed by atoms with Crippen LogP contribution in [0.1, 0.15) is 18.1 Å². The second-order valence-electron chi connectivity index (χ2n) is 5.90. The van der Waals surface area contributed by atoms with E-state index in [2.05, 4.69) is 24.4 Å². The van der Waals surface area contributed by atoms with E-state index in [0.717, 1.165) is 24.3 Å². The maximum atomic E-state index is 12.2. The fourth-order valence-electron chi connectivity index (χ4n) is 2.78. The highest BCUT2D eigenvalue weighted by atomic mass is 16.2. The fraction of sp³-hybridized carbons (Fsp3) is 0.562. The average molecular weight is 277 g/mol. The topological polar surface area (TPSA) is 38.0 Å². The van der Waals surface area contributed by atoms with Crippen molar-refractivity contribution in [3.05, 3.63) is 29.3 Å². The van der Waals surface area contributed by atoms with Crippen molar-refractivity contribution in [2.24, 2.45) is 0 Å². The first-order valence-electron chi connectivity index (χ1n) is 7.62. The van der Waals surface area contributed by atoms with Crippen molar-refractivity contribution < 1.29 is 14.6 Å². The Morgan fingerprint density at radius 2 is 1.80 bits per heavy atom. The molecule has 1 amide bonds. The fourth-order valence-corrected chi connectivity index (χ4v) is 2.78. The van der Waals surface area contributed by atoms with Gasteiger partial charge in [0.05, 0.1) is 6.54 Å². The molecule has 110 valence electrons. The Labute approximate surface area is 121 Å². The Kier molecular flexibility index (Phi) is 5.15. The van der Waals surface area contributed by atoms with Gasteiger partial charge in [0.25, 0.3) is 5.91 Å². The van der Waals surface area contributed by atoms with Crippen molar-refractivity contribution in [2.75, 3.05) is 44.6 Å². The molecule has 0 bridgehead atoms. The Morgan fingerprint density at radius 1 is 1.15 bits per heavy atom. The number of benzene rings is 1. The second kappa shape index (κ2) is 6.86. The molecule has 1 aliphatic heterocycles. The van der Waals surface area contributed by atoms with Crippen LogP contribution in [0.2, 0.25) is 0 Å². The molecule has 0 saturated carbocycles. The Hall–Kier alpha value is -1.39. The van der Waals surface area contributed by atoms with Crippen LogP contribution >= 0.6 is 0 Å². The molecular weight excluding hydrogens is 250 g/mol. The normalized spacial score (nSPS) is 22.6. The van der Waals surface area contributed by atoms with Crippen molar-refractivity contribution in [2.45, 2.75) is 20.8 Å². The molecule has 1 aromatic rings. The van der Waals surface area contributed by atoms with Crippen LogP contribution in [0.15, 0.2) is 18.2 Å². The number of hydrogen-bond acceptors (Lipinski definition) is 1. The molecule has 1 fully saturated rings.